The van der Waals surface area contributed by atoms with Gasteiger partial charge in [-0.25, -0.2) is 4.79 Å². The van der Waals surface area contributed by atoms with Crippen molar-refractivity contribution in [3.05, 3.63) is 102 Å². The molecule has 0 saturated carbocycles. The summed E-state index contributed by atoms with van der Waals surface area (Å²) >= 11 is 6.93. The zero-order valence-corrected chi connectivity index (χ0v) is 30.0. The van der Waals surface area contributed by atoms with Crippen molar-refractivity contribution in [2.45, 2.75) is 83.7 Å². The molecule has 272 valence electrons. The second-order valence-electron chi connectivity index (χ2n) is 12.1. The van der Waals surface area contributed by atoms with Crippen LogP contribution in [0.3, 0.4) is 0 Å². The highest BCUT2D eigenvalue weighted by molar-refractivity contribution is 6.53. The highest BCUT2D eigenvalue weighted by Gasteiger charge is 2.40. The molecule has 0 aromatic heterocycles. The first kappa shape index (κ1) is 42.0. The van der Waals surface area contributed by atoms with Gasteiger partial charge in [-0.3, -0.25) is 9.59 Å². The molecule has 0 aliphatic rings. The number of hydrogen-bond donors (Lipinski definition) is 4. The zero-order chi connectivity index (χ0) is 36.8. The Labute approximate surface area is 301 Å². The van der Waals surface area contributed by atoms with E-state index in [1.165, 1.54) is 64.6 Å². The van der Waals surface area contributed by atoms with Crippen LogP contribution in [0, 0.1) is 0 Å². The molecule has 10 heteroatoms. The van der Waals surface area contributed by atoms with E-state index < -0.39 is 36.4 Å². The number of hydrogen-bond acceptors (Lipinski definition) is 6. The highest BCUT2D eigenvalue weighted by Crippen LogP contribution is 2.35. The van der Waals surface area contributed by atoms with Crippen LogP contribution in [0.1, 0.15) is 94.7 Å². The van der Waals surface area contributed by atoms with Gasteiger partial charge in [0.1, 0.15) is 5.75 Å². The number of benzene rings is 3. The molecule has 4 N–H and O–H groups in total. The maximum Gasteiger partial charge on any atom is 0.336 e. The fourth-order valence-electron chi connectivity index (χ4n) is 5.41. The summed E-state index contributed by atoms with van der Waals surface area (Å²) in [6.45, 7) is 8.90. The average molecular weight is 710 g/mol. The van der Waals surface area contributed by atoms with Crippen molar-refractivity contribution in [3.63, 3.8) is 0 Å². The molecule has 50 heavy (non-hydrogen) atoms. The van der Waals surface area contributed by atoms with Gasteiger partial charge in [-0.1, -0.05) is 137 Å². The predicted molar refractivity (Wildman–Crippen MR) is 198 cm³/mol. The van der Waals surface area contributed by atoms with E-state index in [0.29, 0.717) is 0 Å². The van der Waals surface area contributed by atoms with Crippen LogP contribution in [0.25, 0.3) is 10.6 Å². The summed E-state index contributed by atoms with van der Waals surface area (Å²) in [4.78, 5) is 33.0. The summed E-state index contributed by atoms with van der Waals surface area (Å²) in [5.41, 5.74) is 1.51. The van der Waals surface area contributed by atoms with Gasteiger partial charge in [0.2, 0.25) is 0 Å². The number of aliphatic carboxylic acids is 3. The molecule has 0 aliphatic heterocycles. The van der Waals surface area contributed by atoms with Crippen LogP contribution in [0.15, 0.2) is 84.9 Å². The number of rotatable bonds is 22. The van der Waals surface area contributed by atoms with Crippen LogP contribution >= 0.6 is 11.6 Å². The number of carboxylic acid groups (broad SMARTS) is 3. The second-order valence-corrected chi connectivity index (χ2v) is 12.5. The Kier molecular flexibility index (Phi) is 19.5. The average Bonchev–Trinajstić information content (AvgIpc) is 3.10. The minimum Gasteiger partial charge on any atom is -0.494 e. The van der Waals surface area contributed by atoms with Gasteiger partial charge < -0.3 is 30.1 Å². The molecule has 0 saturated heterocycles. The molecular weight excluding hydrogens is 658 g/mol. The SMILES string of the molecule is CCN(CC)CCCCCCCCCCOc1ccc(C(=C(Cl)c2ccccc2)c2ccccc2)cc1.O=C(O)CC(O)(CC(=O)O)C(=O)O. The maximum atomic E-state index is 10.3. The lowest BCUT2D eigenvalue weighted by Crippen LogP contribution is -2.42. The first-order valence-corrected chi connectivity index (χ1v) is 17.7. The van der Waals surface area contributed by atoms with E-state index in [4.69, 9.17) is 36.8 Å². The lowest BCUT2D eigenvalue weighted by atomic mass is 9.95. The highest BCUT2D eigenvalue weighted by atomic mass is 35.5. The standard InChI is InChI=1S/C34H44ClNO.C6H8O7/c1-3-36(4-2)27-17-9-7-5-6-8-10-18-28-37-32-25-23-30(24-26-32)33(29-19-13-11-14-20-29)34(35)31-21-15-12-16-22-31;7-3(8)1-6(13,5(11)12)2-4(9)10/h11-16,19-26H,3-10,17-18,27-28H2,1-2H3;13H,1-2H2,(H,7,8)(H,9,10)(H,11,12). The van der Waals surface area contributed by atoms with E-state index in [1.54, 1.807) is 0 Å². The van der Waals surface area contributed by atoms with Gasteiger partial charge >= 0.3 is 17.9 Å². The molecule has 3 rings (SSSR count). The lowest BCUT2D eigenvalue weighted by Gasteiger charge is -2.18. The van der Waals surface area contributed by atoms with Crippen LogP contribution < -0.4 is 4.74 Å². The molecule has 0 fully saturated rings. The summed E-state index contributed by atoms with van der Waals surface area (Å²) in [5, 5.41) is 34.6. The van der Waals surface area contributed by atoms with E-state index in [2.05, 4.69) is 79.4 Å². The lowest BCUT2D eigenvalue weighted by molar-refractivity contribution is -0.170. The Hall–Kier alpha value is -4.18. The van der Waals surface area contributed by atoms with Crippen LogP contribution in [0.4, 0.5) is 0 Å². The maximum absolute atomic E-state index is 10.3. The van der Waals surface area contributed by atoms with Crippen molar-refractivity contribution in [2.75, 3.05) is 26.2 Å². The molecule has 0 bridgehead atoms. The smallest absolute Gasteiger partial charge is 0.336 e. The van der Waals surface area contributed by atoms with Gasteiger partial charge in [-0.15, -0.1) is 0 Å². The van der Waals surface area contributed by atoms with Crippen molar-refractivity contribution in [2.24, 2.45) is 0 Å². The molecule has 3 aromatic rings. The summed E-state index contributed by atoms with van der Waals surface area (Å²) in [6, 6.07) is 28.9. The third-order valence-electron chi connectivity index (χ3n) is 8.27. The van der Waals surface area contributed by atoms with E-state index >= 15 is 0 Å². The summed E-state index contributed by atoms with van der Waals surface area (Å²) in [5.74, 6) is -4.10. The Bertz CT molecular complexity index is 1440. The van der Waals surface area contributed by atoms with Gasteiger partial charge in [0.05, 0.1) is 24.5 Å². The number of unbranched alkanes of at least 4 members (excludes halogenated alkanes) is 7. The molecule has 0 amide bonds. The van der Waals surface area contributed by atoms with Gasteiger partial charge in [-0.2, -0.15) is 0 Å². The van der Waals surface area contributed by atoms with Crippen molar-refractivity contribution >= 4 is 40.1 Å². The Morgan fingerprint density at radius 2 is 1.08 bits per heavy atom. The van der Waals surface area contributed by atoms with Crippen molar-refractivity contribution < 1.29 is 39.5 Å². The van der Waals surface area contributed by atoms with Gasteiger partial charge in [0.25, 0.3) is 0 Å². The Balaban J connectivity index is 0.000000565. The first-order chi connectivity index (χ1) is 24.0. The van der Waals surface area contributed by atoms with E-state index in [-0.39, 0.29) is 0 Å². The third-order valence-corrected chi connectivity index (χ3v) is 8.68. The van der Waals surface area contributed by atoms with Gasteiger partial charge in [-0.05, 0) is 61.3 Å². The number of nitrogens with zero attached hydrogens (tertiary/aromatic N) is 1. The molecule has 0 atom stereocenters. The number of halogens is 1. The normalized spacial score (nSPS) is 11.7. The molecule has 0 aliphatic carbocycles. The molecule has 0 unspecified atom stereocenters. The Morgan fingerprint density at radius 3 is 1.54 bits per heavy atom. The van der Waals surface area contributed by atoms with E-state index in [0.717, 1.165) is 46.1 Å². The fraction of sp³-hybridized carbons (Fsp3) is 0.425. The van der Waals surface area contributed by atoms with Crippen molar-refractivity contribution in [3.8, 4) is 5.75 Å². The van der Waals surface area contributed by atoms with Crippen LogP contribution in [-0.2, 0) is 14.4 Å². The number of aliphatic hydroxyl groups is 1. The van der Waals surface area contributed by atoms with E-state index in [1.807, 2.05) is 24.3 Å². The molecule has 0 radical (unpaired) electrons. The van der Waals surface area contributed by atoms with Gasteiger partial charge in [0, 0.05) is 5.57 Å². The third kappa shape index (κ3) is 15.6. The first-order valence-electron chi connectivity index (χ1n) is 17.4. The predicted octanol–water partition coefficient (Wildman–Crippen LogP) is 8.43. The summed E-state index contributed by atoms with van der Waals surface area (Å²) in [7, 11) is 0. The van der Waals surface area contributed by atoms with Crippen molar-refractivity contribution in [1.82, 2.24) is 4.90 Å². The van der Waals surface area contributed by atoms with Crippen molar-refractivity contribution in [1.29, 1.82) is 0 Å². The molecule has 0 heterocycles. The summed E-state index contributed by atoms with van der Waals surface area (Å²) in [6.07, 6.45) is 8.16. The minimum atomic E-state index is -2.74. The Morgan fingerprint density at radius 1 is 0.640 bits per heavy atom. The molecule has 9 nitrogen and oxygen atoms in total. The number of ether oxygens (including phenoxy) is 1. The summed E-state index contributed by atoms with van der Waals surface area (Å²) < 4.78 is 6.04. The zero-order valence-electron chi connectivity index (χ0n) is 29.2. The topological polar surface area (TPSA) is 145 Å². The van der Waals surface area contributed by atoms with E-state index in [9.17, 15) is 14.4 Å². The monoisotopic (exact) mass is 709 g/mol. The molecular formula is C40H52ClNO8. The number of carboxylic acids is 3. The molecule has 0 spiro atoms. The van der Waals surface area contributed by atoms with Gasteiger partial charge in [0.15, 0.2) is 5.60 Å². The fourth-order valence-corrected chi connectivity index (χ4v) is 5.76. The quantitative estimate of drug-likeness (QED) is 0.0597. The largest absolute Gasteiger partial charge is 0.494 e. The second kappa shape index (κ2) is 23.3. The molecule has 3 aromatic carbocycles. The van der Waals surface area contributed by atoms with Crippen LogP contribution in [-0.4, -0.2) is 75.1 Å². The van der Waals surface area contributed by atoms with Crippen LogP contribution in [0.2, 0.25) is 0 Å². The number of carbonyl (C=O) groups is 3. The minimum absolute atomic E-state index is 0.754. The van der Waals surface area contributed by atoms with Crippen LogP contribution in [0.5, 0.6) is 5.75 Å².